The van der Waals surface area contributed by atoms with Crippen LogP contribution in [-0.2, 0) is 0 Å². The minimum Gasteiger partial charge on any atom is -0.296 e. The summed E-state index contributed by atoms with van der Waals surface area (Å²) in [5.41, 5.74) is 1.13. The number of likely N-dealkylation sites (tertiary alicyclic amines) is 1. The van der Waals surface area contributed by atoms with Gasteiger partial charge in [0.2, 0.25) is 0 Å². The number of hydrogen-bond acceptors (Lipinski definition) is 1. The second-order valence-corrected chi connectivity index (χ2v) is 4.66. The number of rotatable bonds is 3. The zero-order chi connectivity index (χ0) is 10.0. The molecule has 1 fully saturated rings. The molecule has 1 nitrogen and oxygen atoms in total. The predicted molar refractivity (Wildman–Crippen MR) is 59.2 cm³/mol. The van der Waals surface area contributed by atoms with Gasteiger partial charge in [-0.3, -0.25) is 4.90 Å². The van der Waals surface area contributed by atoms with Crippen molar-refractivity contribution in [3.8, 4) is 0 Å². The molecule has 0 aromatic rings. The Balaban J connectivity index is 2.49. The molecule has 1 heterocycles. The van der Waals surface area contributed by atoms with Crippen molar-refractivity contribution in [1.29, 1.82) is 0 Å². The van der Waals surface area contributed by atoms with E-state index >= 15 is 0 Å². The van der Waals surface area contributed by atoms with Crippen LogP contribution < -0.4 is 0 Å². The molecule has 2 heteroatoms. The lowest BCUT2D eigenvalue weighted by Crippen LogP contribution is -2.31. The molecule has 0 aliphatic carbocycles. The van der Waals surface area contributed by atoms with Crippen LogP contribution >= 0.6 is 11.6 Å². The highest BCUT2D eigenvalue weighted by molar-refractivity contribution is 6.19. The van der Waals surface area contributed by atoms with Gasteiger partial charge >= 0.3 is 0 Å². The van der Waals surface area contributed by atoms with Crippen LogP contribution in [0.1, 0.15) is 20.8 Å². The third kappa shape index (κ3) is 2.47. The van der Waals surface area contributed by atoms with Crippen molar-refractivity contribution in [2.24, 2.45) is 11.8 Å². The SMILES string of the molecule is C=C(CCl)CN1CC(C)C(C)C1C. The second kappa shape index (κ2) is 4.47. The Morgan fingerprint density at radius 3 is 2.46 bits per heavy atom. The van der Waals surface area contributed by atoms with E-state index in [0.717, 1.165) is 24.0 Å². The molecule has 0 saturated carbocycles. The maximum absolute atomic E-state index is 5.72. The molecule has 0 aromatic heterocycles. The van der Waals surface area contributed by atoms with E-state index < -0.39 is 0 Å². The summed E-state index contributed by atoms with van der Waals surface area (Å²) in [6.07, 6.45) is 0. The molecule has 1 rings (SSSR count). The van der Waals surface area contributed by atoms with E-state index in [-0.39, 0.29) is 0 Å². The Kier molecular flexibility index (Phi) is 3.81. The first-order chi connectivity index (χ1) is 6.06. The summed E-state index contributed by atoms with van der Waals surface area (Å²) in [6, 6.07) is 0.676. The minimum atomic E-state index is 0.589. The fraction of sp³-hybridized carbons (Fsp3) is 0.818. The van der Waals surface area contributed by atoms with Crippen LogP contribution in [0.4, 0.5) is 0 Å². The van der Waals surface area contributed by atoms with Crippen LogP contribution in [-0.4, -0.2) is 29.9 Å². The smallest absolute Gasteiger partial charge is 0.0443 e. The molecule has 13 heavy (non-hydrogen) atoms. The monoisotopic (exact) mass is 201 g/mol. The number of nitrogens with zero attached hydrogens (tertiary/aromatic N) is 1. The maximum Gasteiger partial charge on any atom is 0.0443 e. The molecular formula is C11H20ClN. The van der Waals surface area contributed by atoms with Crippen molar-refractivity contribution in [2.75, 3.05) is 19.0 Å². The van der Waals surface area contributed by atoms with Crippen molar-refractivity contribution in [1.82, 2.24) is 4.90 Å². The molecule has 0 aromatic carbocycles. The second-order valence-electron chi connectivity index (χ2n) is 4.39. The topological polar surface area (TPSA) is 3.24 Å². The first-order valence-electron chi connectivity index (χ1n) is 5.03. The van der Waals surface area contributed by atoms with Gasteiger partial charge < -0.3 is 0 Å². The summed E-state index contributed by atoms with van der Waals surface area (Å²) in [7, 11) is 0. The zero-order valence-electron chi connectivity index (χ0n) is 8.89. The largest absolute Gasteiger partial charge is 0.296 e. The lowest BCUT2D eigenvalue weighted by Gasteiger charge is -2.23. The molecule has 76 valence electrons. The Morgan fingerprint density at radius 1 is 1.46 bits per heavy atom. The molecule has 0 amide bonds. The first-order valence-corrected chi connectivity index (χ1v) is 5.56. The van der Waals surface area contributed by atoms with Crippen LogP contribution in [0.3, 0.4) is 0 Å². The highest BCUT2D eigenvalue weighted by atomic mass is 35.5. The van der Waals surface area contributed by atoms with Crippen LogP contribution in [0.2, 0.25) is 0 Å². The summed E-state index contributed by atoms with van der Waals surface area (Å²) in [5.74, 6) is 2.19. The Bertz CT molecular complexity index is 191. The average Bonchev–Trinajstić information content (AvgIpc) is 2.34. The minimum absolute atomic E-state index is 0.589. The first kappa shape index (κ1) is 11.1. The molecule has 3 atom stereocenters. The van der Waals surface area contributed by atoms with Gasteiger partial charge in [-0.15, -0.1) is 11.6 Å². The summed E-state index contributed by atoms with van der Waals surface area (Å²) in [4.78, 5) is 2.49. The highest BCUT2D eigenvalue weighted by Crippen LogP contribution is 2.29. The molecule has 0 N–H and O–H groups in total. The van der Waals surface area contributed by atoms with Gasteiger partial charge in [-0.05, 0) is 24.3 Å². The van der Waals surface area contributed by atoms with E-state index in [4.69, 9.17) is 11.6 Å². The molecule has 1 aliphatic rings. The summed E-state index contributed by atoms with van der Waals surface area (Å²) in [5, 5.41) is 0. The molecule has 1 aliphatic heterocycles. The van der Waals surface area contributed by atoms with Crippen LogP contribution in [0.15, 0.2) is 12.2 Å². The van der Waals surface area contributed by atoms with Crippen molar-refractivity contribution >= 4 is 11.6 Å². The lowest BCUT2D eigenvalue weighted by molar-refractivity contribution is 0.268. The van der Waals surface area contributed by atoms with E-state index in [1.807, 2.05) is 0 Å². The third-order valence-corrected chi connectivity index (χ3v) is 3.75. The Labute approximate surface area is 86.8 Å². The Morgan fingerprint density at radius 2 is 2.08 bits per heavy atom. The van der Waals surface area contributed by atoms with Gasteiger partial charge in [0.25, 0.3) is 0 Å². The summed E-state index contributed by atoms with van der Waals surface area (Å²) < 4.78 is 0. The maximum atomic E-state index is 5.72. The van der Waals surface area contributed by atoms with Gasteiger partial charge in [-0.25, -0.2) is 0 Å². The quantitative estimate of drug-likeness (QED) is 0.502. The van der Waals surface area contributed by atoms with Gasteiger partial charge in [0.05, 0.1) is 0 Å². The van der Waals surface area contributed by atoms with Crippen molar-refractivity contribution in [3.63, 3.8) is 0 Å². The normalized spacial score (nSPS) is 35.2. The third-order valence-electron chi connectivity index (χ3n) is 3.37. The molecule has 3 unspecified atom stereocenters. The van der Waals surface area contributed by atoms with Gasteiger partial charge in [-0.1, -0.05) is 20.4 Å². The number of hydrogen-bond donors (Lipinski definition) is 0. The molecule has 0 radical (unpaired) electrons. The van der Waals surface area contributed by atoms with E-state index in [1.165, 1.54) is 6.54 Å². The fourth-order valence-corrected chi connectivity index (χ4v) is 2.13. The lowest BCUT2D eigenvalue weighted by atomic mass is 9.95. The highest BCUT2D eigenvalue weighted by Gasteiger charge is 2.32. The predicted octanol–water partition coefficient (Wildman–Crippen LogP) is 2.76. The standard InChI is InChI=1S/C11H20ClN/c1-8(5-12)6-13-7-9(2)10(3)11(13)4/h9-11H,1,5-7H2,2-4H3. The number of halogens is 1. The molecular weight excluding hydrogens is 182 g/mol. The van der Waals surface area contributed by atoms with Crippen LogP contribution in [0, 0.1) is 11.8 Å². The number of alkyl halides is 1. The van der Waals surface area contributed by atoms with E-state index in [2.05, 4.69) is 32.3 Å². The van der Waals surface area contributed by atoms with E-state index in [9.17, 15) is 0 Å². The van der Waals surface area contributed by atoms with Gasteiger partial charge in [0.15, 0.2) is 0 Å². The van der Waals surface area contributed by atoms with Crippen molar-refractivity contribution in [3.05, 3.63) is 12.2 Å². The van der Waals surface area contributed by atoms with Crippen molar-refractivity contribution < 1.29 is 0 Å². The fourth-order valence-electron chi connectivity index (χ4n) is 2.05. The van der Waals surface area contributed by atoms with Gasteiger partial charge in [-0.2, -0.15) is 0 Å². The van der Waals surface area contributed by atoms with Crippen molar-refractivity contribution in [2.45, 2.75) is 26.8 Å². The molecule has 1 saturated heterocycles. The average molecular weight is 202 g/mol. The van der Waals surface area contributed by atoms with Gasteiger partial charge in [0.1, 0.15) is 0 Å². The zero-order valence-corrected chi connectivity index (χ0v) is 9.64. The van der Waals surface area contributed by atoms with E-state index in [0.29, 0.717) is 11.9 Å². The summed E-state index contributed by atoms with van der Waals surface area (Å²) >= 11 is 5.72. The molecule has 0 spiro atoms. The van der Waals surface area contributed by atoms with Gasteiger partial charge in [0, 0.05) is 25.0 Å². The summed E-state index contributed by atoms with van der Waals surface area (Å²) in [6.45, 7) is 13.1. The molecule has 0 bridgehead atoms. The van der Waals surface area contributed by atoms with E-state index in [1.54, 1.807) is 0 Å². The Hall–Kier alpha value is -0.0100. The van der Waals surface area contributed by atoms with Crippen LogP contribution in [0.5, 0.6) is 0 Å². The van der Waals surface area contributed by atoms with Crippen LogP contribution in [0.25, 0.3) is 0 Å².